The molecular formula is C33H35NO6. The molecule has 0 unspecified atom stereocenters. The smallest absolute Gasteiger partial charge is 0.295 e. The van der Waals surface area contributed by atoms with E-state index in [1.54, 1.807) is 12.1 Å². The molecule has 1 fully saturated rings. The van der Waals surface area contributed by atoms with Gasteiger partial charge in [0.1, 0.15) is 17.6 Å². The molecule has 0 aliphatic carbocycles. The van der Waals surface area contributed by atoms with Crippen LogP contribution in [-0.2, 0) is 22.6 Å². The van der Waals surface area contributed by atoms with Gasteiger partial charge in [-0.2, -0.15) is 0 Å². The average Bonchev–Trinajstić information content (AvgIpc) is 3.45. The van der Waals surface area contributed by atoms with E-state index in [1.165, 1.54) is 4.90 Å². The van der Waals surface area contributed by atoms with Crippen LogP contribution in [-0.4, -0.2) is 41.0 Å². The number of unbranched alkanes of at least 4 members (excludes halogenated alkanes) is 1. The molecule has 2 aliphatic heterocycles. The molecule has 2 atom stereocenters. The molecule has 3 aromatic rings. The third-order valence-corrected chi connectivity index (χ3v) is 7.24. The molecule has 2 heterocycles. The summed E-state index contributed by atoms with van der Waals surface area (Å²) in [5.74, 6) is 0.323. The van der Waals surface area contributed by atoms with Gasteiger partial charge in [-0.1, -0.05) is 49.7 Å². The molecule has 1 amide bonds. The maximum atomic E-state index is 13.6. The van der Waals surface area contributed by atoms with E-state index in [2.05, 4.69) is 6.92 Å². The highest BCUT2D eigenvalue weighted by Crippen LogP contribution is 2.43. The van der Waals surface area contributed by atoms with E-state index < -0.39 is 17.7 Å². The van der Waals surface area contributed by atoms with Crippen LogP contribution in [0.15, 0.2) is 72.3 Å². The van der Waals surface area contributed by atoms with E-state index >= 15 is 0 Å². The molecule has 0 radical (unpaired) electrons. The second kappa shape index (κ2) is 11.9. The van der Waals surface area contributed by atoms with E-state index in [1.807, 2.05) is 68.4 Å². The summed E-state index contributed by atoms with van der Waals surface area (Å²) in [7, 11) is 0. The average molecular weight is 542 g/mol. The number of Topliss-reactive ketones (excluding diaryl/α,β-unsaturated/α-hetero) is 1. The number of carbonyl (C=O) groups is 2. The molecular weight excluding hydrogens is 506 g/mol. The van der Waals surface area contributed by atoms with Crippen molar-refractivity contribution < 1.29 is 28.9 Å². The van der Waals surface area contributed by atoms with Crippen LogP contribution in [0.3, 0.4) is 0 Å². The highest BCUT2D eigenvalue weighted by molar-refractivity contribution is 6.46. The molecule has 3 aromatic carbocycles. The van der Waals surface area contributed by atoms with Crippen molar-refractivity contribution >= 4 is 17.4 Å². The fourth-order valence-corrected chi connectivity index (χ4v) is 5.30. The number of ketones is 1. The second-order valence-electron chi connectivity index (χ2n) is 10.2. The summed E-state index contributed by atoms with van der Waals surface area (Å²) in [6.07, 6.45) is 2.66. The SMILES string of the molecule is CCCCOc1ccc([C@H]2/C(=C(\O)c3ccc4c(c3)C[C@H](C)O4)C(=O)C(=O)N2Cc2ccccc2)cc1OCC. The fraction of sp³-hybridized carbons (Fsp3) is 0.333. The van der Waals surface area contributed by atoms with Gasteiger partial charge in [0.25, 0.3) is 11.7 Å². The summed E-state index contributed by atoms with van der Waals surface area (Å²) >= 11 is 0. The Balaban J connectivity index is 1.61. The number of hydrogen-bond acceptors (Lipinski definition) is 6. The van der Waals surface area contributed by atoms with Crippen molar-refractivity contribution in [3.63, 3.8) is 0 Å². The van der Waals surface area contributed by atoms with Crippen LogP contribution in [0.25, 0.3) is 5.76 Å². The van der Waals surface area contributed by atoms with Gasteiger partial charge < -0.3 is 24.2 Å². The van der Waals surface area contributed by atoms with Crippen molar-refractivity contribution in [2.45, 2.75) is 58.7 Å². The van der Waals surface area contributed by atoms with Crippen LogP contribution in [0.1, 0.15) is 61.9 Å². The summed E-state index contributed by atoms with van der Waals surface area (Å²) in [6.45, 7) is 7.17. The number of nitrogens with zero attached hydrogens (tertiary/aromatic N) is 1. The van der Waals surface area contributed by atoms with Crippen LogP contribution in [0.2, 0.25) is 0 Å². The zero-order valence-electron chi connectivity index (χ0n) is 23.2. The molecule has 1 N–H and O–H groups in total. The first kappa shape index (κ1) is 27.3. The Bertz CT molecular complexity index is 1430. The minimum Gasteiger partial charge on any atom is -0.507 e. The van der Waals surface area contributed by atoms with Gasteiger partial charge >= 0.3 is 0 Å². The summed E-state index contributed by atoms with van der Waals surface area (Å²) in [5.41, 5.74) is 3.01. The molecule has 0 spiro atoms. The monoisotopic (exact) mass is 541 g/mol. The van der Waals surface area contributed by atoms with Gasteiger partial charge in [0.2, 0.25) is 0 Å². The number of benzene rings is 3. The van der Waals surface area contributed by atoms with Gasteiger partial charge in [0.15, 0.2) is 11.5 Å². The van der Waals surface area contributed by atoms with Crippen LogP contribution < -0.4 is 14.2 Å². The van der Waals surface area contributed by atoms with E-state index in [4.69, 9.17) is 14.2 Å². The molecule has 7 heteroatoms. The largest absolute Gasteiger partial charge is 0.507 e. The molecule has 0 saturated carbocycles. The van der Waals surface area contributed by atoms with Crippen molar-refractivity contribution in [3.05, 3.63) is 94.6 Å². The van der Waals surface area contributed by atoms with Crippen LogP contribution in [0.4, 0.5) is 0 Å². The van der Waals surface area contributed by atoms with Gasteiger partial charge in [-0.25, -0.2) is 0 Å². The molecule has 7 nitrogen and oxygen atoms in total. The van der Waals surface area contributed by atoms with Gasteiger partial charge in [-0.3, -0.25) is 9.59 Å². The van der Waals surface area contributed by atoms with E-state index in [9.17, 15) is 14.7 Å². The van der Waals surface area contributed by atoms with Crippen molar-refractivity contribution in [1.82, 2.24) is 4.90 Å². The molecule has 40 heavy (non-hydrogen) atoms. The Kier molecular flexibility index (Phi) is 8.10. The molecule has 2 aliphatic rings. The van der Waals surface area contributed by atoms with Crippen molar-refractivity contribution in [2.75, 3.05) is 13.2 Å². The summed E-state index contributed by atoms with van der Waals surface area (Å²) < 4.78 is 17.7. The zero-order valence-corrected chi connectivity index (χ0v) is 23.2. The fourth-order valence-electron chi connectivity index (χ4n) is 5.30. The van der Waals surface area contributed by atoms with Crippen molar-refractivity contribution in [3.8, 4) is 17.2 Å². The van der Waals surface area contributed by atoms with E-state index in [0.29, 0.717) is 42.3 Å². The van der Waals surface area contributed by atoms with Crippen molar-refractivity contribution in [2.24, 2.45) is 0 Å². The number of ether oxygens (including phenoxy) is 3. The molecule has 0 aromatic heterocycles. The lowest BCUT2D eigenvalue weighted by Gasteiger charge is -2.26. The maximum Gasteiger partial charge on any atom is 0.295 e. The Hall–Kier alpha value is -4.26. The summed E-state index contributed by atoms with van der Waals surface area (Å²) in [5, 5.41) is 11.6. The third-order valence-electron chi connectivity index (χ3n) is 7.24. The molecule has 0 bridgehead atoms. The number of likely N-dealkylation sites (tertiary alicyclic amines) is 1. The number of aliphatic hydroxyl groups is 1. The quantitative estimate of drug-likeness (QED) is 0.142. The number of fused-ring (bicyclic) bond motifs is 1. The topological polar surface area (TPSA) is 85.3 Å². The van der Waals surface area contributed by atoms with Gasteiger partial charge in [0, 0.05) is 18.5 Å². The zero-order chi connectivity index (χ0) is 28.2. The number of aliphatic hydroxyl groups excluding tert-OH is 1. The normalized spacial score (nSPS) is 19.4. The summed E-state index contributed by atoms with van der Waals surface area (Å²) in [6, 6.07) is 19.5. The van der Waals surface area contributed by atoms with Crippen LogP contribution in [0.5, 0.6) is 17.2 Å². The standard InChI is InChI=1S/C33H35NO6/c1-4-6-16-39-27-15-12-23(19-28(27)38-5-2)30-29(31(35)24-13-14-26-25(18-24)17-21(3)40-26)32(36)33(37)34(30)20-22-10-8-7-9-11-22/h7-15,18-19,21,30,35H,4-6,16-17,20H2,1-3H3/b31-29+/t21-,30-/m0/s1. The first-order valence-electron chi connectivity index (χ1n) is 13.9. The number of carbonyl (C=O) groups excluding carboxylic acids is 2. The Morgan fingerprint density at radius 2 is 1.80 bits per heavy atom. The van der Waals surface area contributed by atoms with Gasteiger partial charge in [0.05, 0.1) is 24.8 Å². The lowest BCUT2D eigenvalue weighted by molar-refractivity contribution is -0.140. The predicted molar refractivity (Wildman–Crippen MR) is 153 cm³/mol. The predicted octanol–water partition coefficient (Wildman–Crippen LogP) is 6.21. The molecule has 208 valence electrons. The first-order chi connectivity index (χ1) is 19.4. The maximum absolute atomic E-state index is 13.6. The number of amides is 1. The highest BCUT2D eigenvalue weighted by Gasteiger charge is 2.46. The lowest BCUT2D eigenvalue weighted by atomic mass is 9.94. The minimum atomic E-state index is -0.812. The minimum absolute atomic E-state index is 0.0406. The number of hydrogen-bond donors (Lipinski definition) is 1. The Labute approximate surface area is 235 Å². The third kappa shape index (κ3) is 5.41. The Morgan fingerprint density at radius 1 is 1.00 bits per heavy atom. The van der Waals surface area contributed by atoms with Crippen LogP contribution in [0, 0.1) is 0 Å². The number of rotatable bonds is 10. The van der Waals surface area contributed by atoms with E-state index in [0.717, 1.165) is 29.7 Å². The highest BCUT2D eigenvalue weighted by atomic mass is 16.5. The second-order valence-corrected chi connectivity index (χ2v) is 10.2. The first-order valence-corrected chi connectivity index (χ1v) is 13.9. The lowest BCUT2D eigenvalue weighted by Crippen LogP contribution is -2.29. The van der Waals surface area contributed by atoms with Gasteiger partial charge in [-0.05, 0) is 67.3 Å². The van der Waals surface area contributed by atoms with Crippen LogP contribution >= 0.6 is 0 Å². The molecule has 1 saturated heterocycles. The van der Waals surface area contributed by atoms with E-state index in [-0.39, 0.29) is 24.0 Å². The molecule has 5 rings (SSSR count). The Morgan fingerprint density at radius 3 is 2.55 bits per heavy atom. The van der Waals surface area contributed by atoms with Crippen molar-refractivity contribution in [1.29, 1.82) is 0 Å². The summed E-state index contributed by atoms with van der Waals surface area (Å²) in [4.78, 5) is 28.5. The van der Waals surface area contributed by atoms with Gasteiger partial charge in [-0.15, -0.1) is 0 Å².